The van der Waals surface area contributed by atoms with Crippen LogP contribution in [0.3, 0.4) is 0 Å². The van der Waals surface area contributed by atoms with E-state index in [0.29, 0.717) is 29.9 Å². The Labute approximate surface area is 187 Å². The Morgan fingerprint density at radius 2 is 1.78 bits per heavy atom. The van der Waals surface area contributed by atoms with E-state index < -0.39 is 0 Å². The van der Waals surface area contributed by atoms with Gasteiger partial charge in [-0.15, -0.1) is 0 Å². The van der Waals surface area contributed by atoms with Crippen LogP contribution in [0.4, 0.5) is 17.1 Å². The highest BCUT2D eigenvalue weighted by Gasteiger charge is 2.07. The largest absolute Gasteiger partial charge is 0.397 e. The van der Waals surface area contributed by atoms with Gasteiger partial charge in [0.25, 0.3) is 5.91 Å². The molecule has 0 spiro atoms. The number of hydrogen-bond donors (Lipinski definition) is 5. The monoisotopic (exact) mass is 429 g/mol. The van der Waals surface area contributed by atoms with Gasteiger partial charge in [-0.3, -0.25) is 9.59 Å². The molecule has 164 valence electrons. The summed E-state index contributed by atoms with van der Waals surface area (Å²) in [5.41, 5.74) is 11.9. The smallest absolute Gasteiger partial charge is 0.255 e. The van der Waals surface area contributed by atoms with E-state index in [1.54, 1.807) is 48.5 Å². The van der Waals surface area contributed by atoms with Crippen molar-refractivity contribution in [1.82, 2.24) is 10.3 Å². The summed E-state index contributed by atoms with van der Waals surface area (Å²) in [6.07, 6.45) is 0.638. The van der Waals surface area contributed by atoms with Crippen molar-refractivity contribution in [2.24, 2.45) is 0 Å². The lowest BCUT2D eigenvalue weighted by Gasteiger charge is -2.08. The molecule has 0 saturated carbocycles. The first kappa shape index (κ1) is 22.4. The molecule has 1 aromatic heterocycles. The van der Waals surface area contributed by atoms with Crippen LogP contribution in [0, 0.1) is 6.92 Å². The number of hydrogen-bond acceptors (Lipinski definition) is 4. The molecule has 7 heteroatoms. The first-order valence-corrected chi connectivity index (χ1v) is 10.2. The van der Waals surface area contributed by atoms with Gasteiger partial charge >= 0.3 is 0 Å². The normalized spacial score (nSPS) is 10.1. The molecule has 0 atom stereocenters. The van der Waals surface area contributed by atoms with Gasteiger partial charge in [0.05, 0.1) is 11.4 Å². The van der Waals surface area contributed by atoms with Gasteiger partial charge in [-0.2, -0.15) is 0 Å². The standard InChI is InChI=1S/C15H15N3O2.C10H12N2/c16-13-3-1-2-4-14(13)18-15(20)12-7-5-11(6-8-12)9-17-10-19;1-7-5-8-6-9(11-2)3-4-10(8)12-7/h1-8,10H,9,16H2,(H,17,19)(H,18,20);3-6,11-12H,1-2H3. The van der Waals surface area contributed by atoms with E-state index >= 15 is 0 Å². The lowest BCUT2D eigenvalue weighted by Crippen LogP contribution is -2.14. The Balaban J connectivity index is 0.000000204. The number of amides is 2. The molecule has 1 heterocycles. The van der Waals surface area contributed by atoms with Crippen molar-refractivity contribution in [2.45, 2.75) is 13.5 Å². The summed E-state index contributed by atoms with van der Waals surface area (Å²) in [6.45, 7) is 2.51. The fraction of sp³-hybridized carbons (Fsp3) is 0.120. The maximum absolute atomic E-state index is 12.1. The topological polar surface area (TPSA) is 112 Å². The van der Waals surface area contributed by atoms with Crippen molar-refractivity contribution in [2.75, 3.05) is 23.4 Å². The van der Waals surface area contributed by atoms with Crippen LogP contribution in [0.2, 0.25) is 0 Å². The lowest BCUT2D eigenvalue weighted by molar-refractivity contribution is -0.109. The van der Waals surface area contributed by atoms with Crippen molar-refractivity contribution in [1.29, 1.82) is 0 Å². The number of aromatic amines is 1. The summed E-state index contributed by atoms with van der Waals surface area (Å²) in [5.74, 6) is -0.224. The minimum absolute atomic E-state index is 0.224. The molecule has 0 aliphatic heterocycles. The molecular formula is C25H27N5O2. The fourth-order valence-corrected chi connectivity index (χ4v) is 3.17. The second-order valence-corrected chi connectivity index (χ2v) is 7.24. The van der Waals surface area contributed by atoms with E-state index in [1.807, 2.05) is 7.05 Å². The second kappa shape index (κ2) is 10.7. The zero-order valence-electron chi connectivity index (χ0n) is 18.1. The summed E-state index contributed by atoms with van der Waals surface area (Å²) < 4.78 is 0. The van der Waals surface area contributed by atoms with Crippen LogP contribution in [-0.2, 0) is 11.3 Å². The van der Waals surface area contributed by atoms with E-state index in [4.69, 9.17) is 5.73 Å². The van der Waals surface area contributed by atoms with E-state index in [1.165, 1.54) is 16.6 Å². The summed E-state index contributed by atoms with van der Waals surface area (Å²) in [7, 11) is 1.93. The zero-order chi connectivity index (χ0) is 22.9. The van der Waals surface area contributed by atoms with Crippen molar-refractivity contribution >= 4 is 40.3 Å². The molecule has 4 rings (SSSR count). The van der Waals surface area contributed by atoms with Crippen LogP contribution in [-0.4, -0.2) is 24.3 Å². The minimum atomic E-state index is -0.224. The van der Waals surface area contributed by atoms with Gasteiger partial charge in [-0.25, -0.2) is 0 Å². The Kier molecular flexibility index (Phi) is 7.48. The molecule has 3 aromatic carbocycles. The fourth-order valence-electron chi connectivity index (χ4n) is 3.17. The quantitative estimate of drug-likeness (QED) is 0.233. The highest BCUT2D eigenvalue weighted by Crippen LogP contribution is 2.19. The molecule has 7 nitrogen and oxygen atoms in total. The van der Waals surface area contributed by atoms with E-state index in [2.05, 4.69) is 52.1 Å². The molecule has 0 fully saturated rings. The maximum Gasteiger partial charge on any atom is 0.255 e. The van der Waals surface area contributed by atoms with Crippen LogP contribution in [0.15, 0.2) is 72.8 Å². The Bertz CT molecular complexity index is 1200. The van der Waals surface area contributed by atoms with Gasteiger partial charge in [-0.05, 0) is 61.0 Å². The van der Waals surface area contributed by atoms with Gasteiger partial charge in [0.2, 0.25) is 6.41 Å². The average molecular weight is 430 g/mol. The summed E-state index contributed by atoms with van der Waals surface area (Å²) in [5, 5.41) is 9.69. The van der Waals surface area contributed by atoms with Gasteiger partial charge < -0.3 is 26.7 Å². The highest BCUT2D eigenvalue weighted by molar-refractivity contribution is 6.05. The van der Waals surface area contributed by atoms with Gasteiger partial charge in [0.15, 0.2) is 0 Å². The third-order valence-corrected chi connectivity index (χ3v) is 4.86. The first-order valence-electron chi connectivity index (χ1n) is 10.2. The van der Waals surface area contributed by atoms with Crippen LogP contribution >= 0.6 is 0 Å². The number of carbonyl (C=O) groups is 2. The second-order valence-electron chi connectivity index (χ2n) is 7.24. The Morgan fingerprint density at radius 3 is 2.47 bits per heavy atom. The number of H-pyrrole nitrogens is 1. The molecule has 0 aliphatic rings. The summed E-state index contributed by atoms with van der Waals surface area (Å²) in [6, 6.07) is 22.5. The molecule has 32 heavy (non-hydrogen) atoms. The average Bonchev–Trinajstić information content (AvgIpc) is 3.19. The van der Waals surface area contributed by atoms with Gasteiger partial charge in [0, 0.05) is 41.4 Å². The number of benzene rings is 3. The SMILES string of the molecule is CNc1ccc2[nH]c(C)cc2c1.Nc1ccccc1NC(=O)c1ccc(CNC=O)cc1. The third-order valence-electron chi connectivity index (χ3n) is 4.86. The number of nitrogens with one attached hydrogen (secondary N) is 4. The van der Waals surface area contributed by atoms with Crippen molar-refractivity contribution < 1.29 is 9.59 Å². The lowest BCUT2D eigenvalue weighted by atomic mass is 10.1. The molecule has 6 N–H and O–H groups in total. The molecule has 2 amide bonds. The number of aromatic nitrogens is 1. The number of anilines is 3. The van der Waals surface area contributed by atoms with E-state index in [9.17, 15) is 9.59 Å². The van der Waals surface area contributed by atoms with E-state index in [-0.39, 0.29) is 5.91 Å². The molecular weight excluding hydrogens is 402 g/mol. The number of aryl methyl sites for hydroxylation is 1. The number of nitrogen functional groups attached to an aromatic ring is 1. The van der Waals surface area contributed by atoms with Crippen LogP contribution in [0.5, 0.6) is 0 Å². The maximum atomic E-state index is 12.1. The summed E-state index contributed by atoms with van der Waals surface area (Å²) in [4.78, 5) is 25.5. The zero-order valence-corrected chi connectivity index (χ0v) is 18.1. The minimum Gasteiger partial charge on any atom is -0.397 e. The predicted molar refractivity (Wildman–Crippen MR) is 131 cm³/mol. The predicted octanol–water partition coefficient (Wildman–Crippen LogP) is 4.29. The number of rotatable bonds is 6. The van der Waals surface area contributed by atoms with Gasteiger partial charge in [0.1, 0.15) is 0 Å². The van der Waals surface area contributed by atoms with Crippen molar-refractivity contribution in [3.8, 4) is 0 Å². The summed E-state index contributed by atoms with van der Waals surface area (Å²) >= 11 is 0. The molecule has 0 unspecified atom stereocenters. The third kappa shape index (κ3) is 5.89. The van der Waals surface area contributed by atoms with Gasteiger partial charge in [-0.1, -0.05) is 24.3 Å². The van der Waals surface area contributed by atoms with Crippen molar-refractivity contribution in [3.63, 3.8) is 0 Å². The number of fused-ring (bicyclic) bond motifs is 1. The van der Waals surface area contributed by atoms with Crippen LogP contribution in [0.1, 0.15) is 21.6 Å². The highest BCUT2D eigenvalue weighted by atomic mass is 16.1. The molecule has 0 saturated heterocycles. The van der Waals surface area contributed by atoms with Crippen molar-refractivity contribution in [3.05, 3.63) is 89.6 Å². The number of carbonyl (C=O) groups excluding carboxylic acids is 2. The Hall–Kier alpha value is -4.26. The number of nitrogens with two attached hydrogens (primary N) is 1. The number of para-hydroxylation sites is 2. The Morgan fingerprint density at radius 1 is 1.03 bits per heavy atom. The molecule has 0 radical (unpaired) electrons. The van der Waals surface area contributed by atoms with Crippen LogP contribution in [0.25, 0.3) is 10.9 Å². The molecule has 4 aromatic rings. The molecule has 0 bridgehead atoms. The molecule has 0 aliphatic carbocycles. The van der Waals surface area contributed by atoms with Crippen LogP contribution < -0.4 is 21.7 Å². The first-order chi connectivity index (χ1) is 15.5. The van der Waals surface area contributed by atoms with E-state index in [0.717, 1.165) is 11.3 Å².